The lowest BCUT2D eigenvalue weighted by molar-refractivity contribution is 0.304. The van der Waals surface area contributed by atoms with Crippen molar-refractivity contribution in [3.63, 3.8) is 0 Å². The maximum atomic E-state index is 9.30. The summed E-state index contributed by atoms with van der Waals surface area (Å²) in [6, 6.07) is 15.4. The first-order valence-electron chi connectivity index (χ1n) is 7.82. The summed E-state index contributed by atoms with van der Waals surface area (Å²) < 4.78 is 5.76. The second kappa shape index (κ2) is 8.35. The standard InChI is InChI=1S/C19H24O2/c1-2-3-4-5-6-15-21-19-13-9-17(10-14-19)16-7-11-18(20)12-8-16/h7-14,20H,2-6,15H2,1H3. The molecule has 2 rings (SSSR count). The van der Waals surface area contributed by atoms with Crippen molar-refractivity contribution in [2.75, 3.05) is 6.61 Å². The average molecular weight is 284 g/mol. The molecule has 2 aromatic carbocycles. The molecule has 0 aliphatic rings. The van der Waals surface area contributed by atoms with E-state index in [1.807, 2.05) is 24.3 Å². The van der Waals surface area contributed by atoms with Crippen molar-refractivity contribution < 1.29 is 9.84 Å². The van der Waals surface area contributed by atoms with Gasteiger partial charge >= 0.3 is 0 Å². The van der Waals surface area contributed by atoms with E-state index in [9.17, 15) is 5.11 Å². The number of hydrogen-bond acceptors (Lipinski definition) is 2. The van der Waals surface area contributed by atoms with Crippen molar-refractivity contribution in [2.45, 2.75) is 39.0 Å². The number of phenolic OH excluding ortho intramolecular Hbond substituents is 1. The lowest BCUT2D eigenvalue weighted by Gasteiger charge is -2.07. The maximum Gasteiger partial charge on any atom is 0.119 e. The lowest BCUT2D eigenvalue weighted by Crippen LogP contribution is -1.97. The fourth-order valence-electron chi connectivity index (χ4n) is 2.29. The van der Waals surface area contributed by atoms with Gasteiger partial charge in [-0.25, -0.2) is 0 Å². The highest BCUT2D eigenvalue weighted by Gasteiger charge is 1.99. The SMILES string of the molecule is CCCCCCCOc1ccc(-c2ccc(O)cc2)cc1. The Balaban J connectivity index is 1.80. The Labute approximate surface area is 127 Å². The summed E-state index contributed by atoms with van der Waals surface area (Å²) in [5.41, 5.74) is 2.23. The van der Waals surface area contributed by atoms with E-state index < -0.39 is 0 Å². The highest BCUT2D eigenvalue weighted by atomic mass is 16.5. The number of phenols is 1. The normalized spacial score (nSPS) is 10.5. The lowest BCUT2D eigenvalue weighted by atomic mass is 10.1. The molecule has 2 heteroatoms. The summed E-state index contributed by atoms with van der Waals surface area (Å²) in [5, 5.41) is 9.30. The van der Waals surface area contributed by atoms with Crippen molar-refractivity contribution in [3.05, 3.63) is 48.5 Å². The molecule has 0 amide bonds. The van der Waals surface area contributed by atoms with Gasteiger partial charge in [-0.05, 0) is 41.8 Å². The number of aromatic hydroxyl groups is 1. The molecular weight excluding hydrogens is 260 g/mol. The predicted octanol–water partition coefficient (Wildman–Crippen LogP) is 5.41. The number of unbranched alkanes of at least 4 members (excludes halogenated alkanes) is 4. The number of ether oxygens (including phenoxy) is 1. The quantitative estimate of drug-likeness (QED) is 0.657. The van der Waals surface area contributed by atoms with E-state index in [-0.39, 0.29) is 0 Å². The molecule has 0 saturated carbocycles. The zero-order chi connectivity index (χ0) is 14.9. The van der Waals surface area contributed by atoms with Gasteiger partial charge < -0.3 is 9.84 Å². The van der Waals surface area contributed by atoms with Crippen LogP contribution in [0.2, 0.25) is 0 Å². The molecule has 0 fully saturated rings. The largest absolute Gasteiger partial charge is 0.508 e. The van der Waals surface area contributed by atoms with Crippen molar-refractivity contribution >= 4 is 0 Å². The summed E-state index contributed by atoms with van der Waals surface area (Å²) >= 11 is 0. The molecular formula is C19H24O2. The van der Waals surface area contributed by atoms with E-state index in [2.05, 4.69) is 19.1 Å². The molecule has 0 heterocycles. The van der Waals surface area contributed by atoms with E-state index in [1.54, 1.807) is 12.1 Å². The van der Waals surface area contributed by atoms with Crippen LogP contribution in [0.1, 0.15) is 39.0 Å². The molecule has 0 saturated heterocycles. The summed E-state index contributed by atoms with van der Waals surface area (Å²) in [6.45, 7) is 3.02. The van der Waals surface area contributed by atoms with Gasteiger partial charge in [0.25, 0.3) is 0 Å². The Kier molecular flexibility index (Phi) is 6.14. The molecule has 0 radical (unpaired) electrons. The highest BCUT2D eigenvalue weighted by Crippen LogP contribution is 2.24. The summed E-state index contributed by atoms with van der Waals surface area (Å²) in [6.07, 6.45) is 6.28. The third kappa shape index (κ3) is 5.14. The fourth-order valence-corrected chi connectivity index (χ4v) is 2.29. The summed E-state index contributed by atoms with van der Waals surface area (Å²) in [7, 11) is 0. The Morgan fingerprint density at radius 1 is 0.762 bits per heavy atom. The third-order valence-corrected chi connectivity index (χ3v) is 3.57. The van der Waals surface area contributed by atoms with Gasteiger partial charge in [0.05, 0.1) is 6.61 Å². The van der Waals surface area contributed by atoms with E-state index >= 15 is 0 Å². The predicted molar refractivity (Wildman–Crippen MR) is 87.8 cm³/mol. The van der Waals surface area contributed by atoms with Crippen molar-refractivity contribution in [3.8, 4) is 22.6 Å². The number of hydrogen-bond donors (Lipinski definition) is 1. The minimum atomic E-state index is 0.293. The van der Waals surface area contributed by atoms with Crippen LogP contribution in [0.4, 0.5) is 0 Å². The average Bonchev–Trinajstić information content (AvgIpc) is 2.52. The van der Waals surface area contributed by atoms with Gasteiger partial charge in [-0.3, -0.25) is 0 Å². The first-order valence-corrected chi connectivity index (χ1v) is 7.82. The van der Waals surface area contributed by atoms with Crippen LogP contribution in [0.25, 0.3) is 11.1 Å². The van der Waals surface area contributed by atoms with Gasteiger partial charge in [0, 0.05) is 0 Å². The van der Waals surface area contributed by atoms with Crippen LogP contribution >= 0.6 is 0 Å². The highest BCUT2D eigenvalue weighted by molar-refractivity contribution is 5.64. The molecule has 0 spiro atoms. The van der Waals surface area contributed by atoms with Crippen LogP contribution in [0, 0.1) is 0 Å². The van der Waals surface area contributed by atoms with Crippen LogP contribution < -0.4 is 4.74 Å². The topological polar surface area (TPSA) is 29.5 Å². The molecule has 0 aliphatic carbocycles. The molecule has 0 unspecified atom stereocenters. The first kappa shape index (κ1) is 15.4. The van der Waals surface area contributed by atoms with Gasteiger partial charge in [-0.1, -0.05) is 56.9 Å². The molecule has 0 aliphatic heterocycles. The molecule has 2 aromatic rings. The zero-order valence-electron chi connectivity index (χ0n) is 12.7. The van der Waals surface area contributed by atoms with Gasteiger partial charge in [-0.2, -0.15) is 0 Å². The molecule has 2 nitrogen and oxygen atoms in total. The Morgan fingerprint density at radius 2 is 1.33 bits per heavy atom. The first-order chi connectivity index (χ1) is 10.3. The number of rotatable bonds is 8. The van der Waals surface area contributed by atoms with E-state index in [0.29, 0.717) is 5.75 Å². The molecule has 0 bridgehead atoms. The second-order valence-corrected chi connectivity index (χ2v) is 5.33. The van der Waals surface area contributed by atoms with Gasteiger partial charge in [0.2, 0.25) is 0 Å². The van der Waals surface area contributed by atoms with Crippen LogP contribution in [0.3, 0.4) is 0 Å². The maximum absolute atomic E-state index is 9.30. The van der Waals surface area contributed by atoms with Crippen molar-refractivity contribution in [1.82, 2.24) is 0 Å². The summed E-state index contributed by atoms with van der Waals surface area (Å²) in [4.78, 5) is 0. The second-order valence-electron chi connectivity index (χ2n) is 5.33. The zero-order valence-corrected chi connectivity index (χ0v) is 12.7. The Bertz CT molecular complexity index is 514. The van der Waals surface area contributed by atoms with Crippen molar-refractivity contribution in [1.29, 1.82) is 0 Å². The molecule has 21 heavy (non-hydrogen) atoms. The molecule has 0 aromatic heterocycles. The Morgan fingerprint density at radius 3 is 1.95 bits per heavy atom. The number of benzene rings is 2. The van der Waals surface area contributed by atoms with Crippen LogP contribution in [0.15, 0.2) is 48.5 Å². The van der Waals surface area contributed by atoms with Crippen molar-refractivity contribution in [2.24, 2.45) is 0 Å². The van der Waals surface area contributed by atoms with Gasteiger partial charge in [-0.15, -0.1) is 0 Å². The third-order valence-electron chi connectivity index (χ3n) is 3.57. The monoisotopic (exact) mass is 284 g/mol. The molecule has 112 valence electrons. The van der Waals surface area contributed by atoms with Crippen LogP contribution in [-0.4, -0.2) is 11.7 Å². The minimum absolute atomic E-state index is 0.293. The molecule has 1 N–H and O–H groups in total. The van der Waals surface area contributed by atoms with E-state index in [4.69, 9.17) is 4.74 Å². The van der Waals surface area contributed by atoms with Crippen LogP contribution in [-0.2, 0) is 0 Å². The summed E-state index contributed by atoms with van der Waals surface area (Å²) in [5.74, 6) is 1.22. The smallest absolute Gasteiger partial charge is 0.119 e. The van der Waals surface area contributed by atoms with Gasteiger partial charge in [0.1, 0.15) is 11.5 Å². The minimum Gasteiger partial charge on any atom is -0.508 e. The van der Waals surface area contributed by atoms with Crippen LogP contribution in [0.5, 0.6) is 11.5 Å². The Hall–Kier alpha value is -1.96. The van der Waals surface area contributed by atoms with Gasteiger partial charge in [0.15, 0.2) is 0 Å². The van der Waals surface area contributed by atoms with E-state index in [0.717, 1.165) is 29.9 Å². The van der Waals surface area contributed by atoms with E-state index in [1.165, 1.54) is 25.7 Å². The molecule has 0 atom stereocenters. The fraction of sp³-hybridized carbons (Fsp3) is 0.368.